The molecule has 0 heterocycles. The minimum atomic E-state index is 0.625. The molecule has 54 valence electrons. The van der Waals surface area contributed by atoms with E-state index in [1.807, 2.05) is 26.8 Å². The molecule has 2 nitrogen and oxygen atoms in total. The Kier molecular flexibility index (Phi) is 5.07. The largest absolute Gasteiger partial charge is 0.466 e. The third-order valence-corrected chi connectivity index (χ3v) is 0.809. The van der Waals surface area contributed by atoms with Crippen molar-refractivity contribution in [3.05, 3.63) is 12.0 Å². The first-order valence-electron chi connectivity index (χ1n) is 3.27. The average molecular weight is 130 g/mol. The molecule has 0 aliphatic heterocycles. The van der Waals surface area contributed by atoms with Crippen molar-refractivity contribution in [3.8, 4) is 0 Å². The Morgan fingerprint density at radius 1 is 1.22 bits per heavy atom. The molecule has 0 N–H and O–H groups in total. The van der Waals surface area contributed by atoms with Crippen LogP contribution in [0.5, 0.6) is 0 Å². The van der Waals surface area contributed by atoms with Crippen molar-refractivity contribution in [2.45, 2.75) is 20.8 Å². The molecule has 0 aliphatic carbocycles. The second-order valence-electron chi connectivity index (χ2n) is 1.47. The van der Waals surface area contributed by atoms with Gasteiger partial charge in [0.1, 0.15) is 0 Å². The van der Waals surface area contributed by atoms with E-state index < -0.39 is 0 Å². The van der Waals surface area contributed by atoms with E-state index >= 15 is 0 Å². The van der Waals surface area contributed by atoms with Gasteiger partial charge in [-0.3, -0.25) is 0 Å². The van der Waals surface area contributed by atoms with Crippen LogP contribution < -0.4 is 0 Å². The van der Waals surface area contributed by atoms with Gasteiger partial charge in [-0.1, -0.05) is 0 Å². The molecule has 2 heteroatoms. The summed E-state index contributed by atoms with van der Waals surface area (Å²) in [6.07, 6.45) is 1.81. The Morgan fingerprint density at radius 2 is 1.67 bits per heavy atom. The zero-order valence-electron chi connectivity index (χ0n) is 6.31. The van der Waals surface area contributed by atoms with Crippen LogP contribution in [-0.2, 0) is 9.47 Å². The van der Waals surface area contributed by atoms with E-state index in [4.69, 9.17) is 9.47 Å². The van der Waals surface area contributed by atoms with Crippen molar-refractivity contribution in [1.82, 2.24) is 0 Å². The number of hydrogen-bond acceptors (Lipinski definition) is 2. The molecule has 0 aromatic carbocycles. The van der Waals surface area contributed by atoms with Crippen molar-refractivity contribution < 1.29 is 9.47 Å². The smallest absolute Gasteiger partial charge is 0.274 e. The fourth-order valence-corrected chi connectivity index (χ4v) is 0.493. The summed E-state index contributed by atoms with van der Waals surface area (Å²) in [7, 11) is 0. The summed E-state index contributed by atoms with van der Waals surface area (Å²) in [5.41, 5.74) is 0. The molecule has 0 bridgehead atoms. The van der Waals surface area contributed by atoms with Crippen LogP contribution in [-0.4, -0.2) is 13.2 Å². The van der Waals surface area contributed by atoms with E-state index in [2.05, 4.69) is 0 Å². The molecular weight excluding hydrogens is 116 g/mol. The SMILES string of the molecule is CC=C(OCC)OCC. The Labute approximate surface area is 56.5 Å². The fraction of sp³-hybridized carbons (Fsp3) is 0.714. The Balaban J connectivity index is 3.43. The standard InChI is InChI=1S/C7H14O2/c1-4-7(8-5-2)9-6-3/h4H,5-6H2,1-3H3. The first-order chi connectivity index (χ1) is 4.35. The molecule has 0 spiro atoms. The van der Waals surface area contributed by atoms with Crippen molar-refractivity contribution in [1.29, 1.82) is 0 Å². The molecule has 0 unspecified atom stereocenters. The van der Waals surface area contributed by atoms with Crippen molar-refractivity contribution in [2.75, 3.05) is 13.2 Å². The van der Waals surface area contributed by atoms with Gasteiger partial charge in [0.2, 0.25) is 0 Å². The second-order valence-corrected chi connectivity index (χ2v) is 1.47. The lowest BCUT2D eigenvalue weighted by Crippen LogP contribution is -1.96. The van der Waals surface area contributed by atoms with Gasteiger partial charge in [0.15, 0.2) is 0 Å². The molecule has 0 atom stereocenters. The van der Waals surface area contributed by atoms with Gasteiger partial charge < -0.3 is 9.47 Å². The maximum atomic E-state index is 5.07. The van der Waals surface area contributed by atoms with E-state index in [1.165, 1.54) is 0 Å². The summed E-state index contributed by atoms with van der Waals surface area (Å²) in [6.45, 7) is 7.09. The highest BCUT2D eigenvalue weighted by Gasteiger charge is 1.90. The molecule has 0 aliphatic rings. The van der Waals surface area contributed by atoms with Crippen LogP contribution >= 0.6 is 0 Å². The number of hydrogen-bond donors (Lipinski definition) is 0. The maximum absolute atomic E-state index is 5.07. The van der Waals surface area contributed by atoms with E-state index in [-0.39, 0.29) is 0 Å². The number of allylic oxidation sites excluding steroid dienone is 1. The highest BCUT2D eigenvalue weighted by atomic mass is 16.7. The Hall–Kier alpha value is -0.660. The summed E-state index contributed by atoms with van der Waals surface area (Å²) in [4.78, 5) is 0. The van der Waals surface area contributed by atoms with Crippen molar-refractivity contribution in [2.24, 2.45) is 0 Å². The fourth-order valence-electron chi connectivity index (χ4n) is 0.493. The molecular formula is C7H14O2. The molecule has 9 heavy (non-hydrogen) atoms. The highest BCUT2D eigenvalue weighted by Crippen LogP contribution is 1.97. The van der Waals surface area contributed by atoms with Crippen LogP contribution in [0.25, 0.3) is 0 Å². The van der Waals surface area contributed by atoms with Gasteiger partial charge in [-0.2, -0.15) is 0 Å². The van der Waals surface area contributed by atoms with Crippen LogP contribution in [0, 0.1) is 0 Å². The van der Waals surface area contributed by atoms with Crippen LogP contribution in [0.2, 0.25) is 0 Å². The van der Waals surface area contributed by atoms with Gasteiger partial charge >= 0.3 is 0 Å². The van der Waals surface area contributed by atoms with E-state index in [9.17, 15) is 0 Å². The van der Waals surface area contributed by atoms with Crippen LogP contribution in [0.1, 0.15) is 20.8 Å². The van der Waals surface area contributed by atoms with Crippen molar-refractivity contribution in [3.63, 3.8) is 0 Å². The van der Waals surface area contributed by atoms with E-state index in [0.717, 1.165) is 0 Å². The van der Waals surface area contributed by atoms with Crippen LogP contribution in [0.3, 0.4) is 0 Å². The maximum Gasteiger partial charge on any atom is 0.274 e. The Morgan fingerprint density at radius 3 is 1.89 bits per heavy atom. The summed E-state index contributed by atoms with van der Waals surface area (Å²) in [5.74, 6) is 0.625. The van der Waals surface area contributed by atoms with Crippen LogP contribution in [0.4, 0.5) is 0 Å². The zero-order valence-corrected chi connectivity index (χ0v) is 6.31. The first-order valence-corrected chi connectivity index (χ1v) is 3.27. The lowest BCUT2D eigenvalue weighted by atomic mass is 10.7. The van der Waals surface area contributed by atoms with Gasteiger partial charge in [-0.05, 0) is 26.8 Å². The van der Waals surface area contributed by atoms with Gasteiger partial charge in [0.05, 0.1) is 13.2 Å². The quantitative estimate of drug-likeness (QED) is 0.541. The zero-order chi connectivity index (χ0) is 7.11. The molecule has 0 saturated heterocycles. The highest BCUT2D eigenvalue weighted by molar-refractivity contribution is 4.78. The lowest BCUT2D eigenvalue weighted by Gasteiger charge is -2.06. The third kappa shape index (κ3) is 3.88. The summed E-state index contributed by atoms with van der Waals surface area (Å²) < 4.78 is 10.1. The summed E-state index contributed by atoms with van der Waals surface area (Å²) in [5, 5.41) is 0. The number of ether oxygens (including phenoxy) is 2. The molecule has 0 saturated carbocycles. The monoisotopic (exact) mass is 130 g/mol. The molecule has 0 radical (unpaired) electrons. The minimum absolute atomic E-state index is 0.625. The van der Waals surface area contributed by atoms with E-state index in [0.29, 0.717) is 19.2 Å². The summed E-state index contributed by atoms with van der Waals surface area (Å²) in [6, 6.07) is 0. The number of rotatable bonds is 4. The van der Waals surface area contributed by atoms with Gasteiger partial charge in [-0.25, -0.2) is 0 Å². The average Bonchev–Trinajstić information content (AvgIpc) is 1.88. The van der Waals surface area contributed by atoms with Gasteiger partial charge in [0, 0.05) is 0 Å². The molecule has 0 rings (SSSR count). The first kappa shape index (κ1) is 8.34. The predicted molar refractivity (Wildman–Crippen MR) is 37.0 cm³/mol. The molecule has 0 aromatic rings. The van der Waals surface area contributed by atoms with Gasteiger partial charge in [0.25, 0.3) is 5.95 Å². The predicted octanol–water partition coefficient (Wildman–Crippen LogP) is 1.92. The van der Waals surface area contributed by atoms with Crippen molar-refractivity contribution >= 4 is 0 Å². The van der Waals surface area contributed by atoms with Crippen LogP contribution in [0.15, 0.2) is 12.0 Å². The second kappa shape index (κ2) is 5.48. The lowest BCUT2D eigenvalue weighted by molar-refractivity contribution is 0.0461. The minimum Gasteiger partial charge on any atom is -0.466 e. The molecule has 0 amide bonds. The summed E-state index contributed by atoms with van der Waals surface area (Å²) >= 11 is 0. The third-order valence-electron chi connectivity index (χ3n) is 0.809. The molecule has 0 aromatic heterocycles. The Bertz CT molecular complexity index is 78.9. The normalized spacial score (nSPS) is 8.33. The topological polar surface area (TPSA) is 18.5 Å². The van der Waals surface area contributed by atoms with E-state index in [1.54, 1.807) is 0 Å². The molecule has 0 fully saturated rings. The van der Waals surface area contributed by atoms with Gasteiger partial charge in [-0.15, -0.1) is 0 Å².